The molecule has 0 aromatic carbocycles. The van der Waals surface area contributed by atoms with Gasteiger partial charge in [-0.3, -0.25) is 4.79 Å². The van der Waals surface area contributed by atoms with E-state index in [4.69, 9.17) is 4.74 Å². The Morgan fingerprint density at radius 2 is 2.38 bits per heavy atom. The predicted molar refractivity (Wildman–Crippen MR) is 69.4 cm³/mol. The molecule has 0 fully saturated rings. The van der Waals surface area contributed by atoms with Gasteiger partial charge in [-0.05, 0) is 29.8 Å². The Kier molecular flexibility index (Phi) is 5.24. The first kappa shape index (κ1) is 13.5. The first-order chi connectivity index (χ1) is 7.64. The quantitative estimate of drug-likeness (QED) is 0.358. The number of carbonyl (C=O) groups excluding carboxylic acids is 2. The van der Waals surface area contributed by atoms with Crippen LogP contribution in [0.5, 0.6) is 0 Å². The van der Waals surface area contributed by atoms with Gasteiger partial charge in [0.2, 0.25) is 0 Å². The maximum Gasteiger partial charge on any atom is 0.331 e. The summed E-state index contributed by atoms with van der Waals surface area (Å²) in [4.78, 5) is 23.2. The van der Waals surface area contributed by atoms with Crippen molar-refractivity contribution < 1.29 is 14.3 Å². The summed E-state index contributed by atoms with van der Waals surface area (Å²) in [5.74, 6) is -0.378. The second-order valence-electron chi connectivity index (χ2n) is 3.84. The Labute approximate surface area is 109 Å². The molecule has 5 heteroatoms. The van der Waals surface area contributed by atoms with E-state index in [1.165, 1.54) is 13.2 Å². The van der Waals surface area contributed by atoms with Gasteiger partial charge in [-0.25, -0.2) is 4.79 Å². The van der Waals surface area contributed by atoms with E-state index in [1.54, 1.807) is 6.20 Å². The van der Waals surface area contributed by atoms with Crippen LogP contribution in [0, 0.1) is 0 Å². The summed E-state index contributed by atoms with van der Waals surface area (Å²) in [6, 6.07) is 0. The molecule has 0 saturated heterocycles. The second-order valence-corrected chi connectivity index (χ2v) is 4.92. The molecular formula is C11H16INO3. The highest BCUT2D eigenvalue weighted by atomic mass is 127. The number of carbonyl (C=O) groups is 2. The summed E-state index contributed by atoms with van der Waals surface area (Å²) in [6.45, 7) is 0. The molecule has 1 heterocycles. The molecule has 1 N–H and O–H groups in total. The SMILES string of the molecule is COC(=O)C1(CCCCI)CC(=O)C=CN1. The fourth-order valence-electron chi connectivity index (χ4n) is 1.81. The van der Waals surface area contributed by atoms with Gasteiger partial charge in [-0.1, -0.05) is 22.6 Å². The lowest BCUT2D eigenvalue weighted by atomic mass is 9.85. The van der Waals surface area contributed by atoms with E-state index in [-0.39, 0.29) is 18.2 Å². The second kappa shape index (κ2) is 6.22. The number of alkyl halides is 1. The normalized spacial score (nSPS) is 24.0. The van der Waals surface area contributed by atoms with Crippen molar-refractivity contribution in [1.29, 1.82) is 0 Å². The fourth-order valence-corrected chi connectivity index (χ4v) is 2.35. The van der Waals surface area contributed by atoms with E-state index in [0.717, 1.165) is 17.3 Å². The number of allylic oxidation sites excluding steroid dienone is 1. The average molecular weight is 337 g/mol. The van der Waals surface area contributed by atoms with Crippen molar-refractivity contribution in [1.82, 2.24) is 5.32 Å². The van der Waals surface area contributed by atoms with Crippen molar-refractivity contribution in [2.45, 2.75) is 31.2 Å². The van der Waals surface area contributed by atoms with Crippen molar-refractivity contribution in [2.75, 3.05) is 11.5 Å². The van der Waals surface area contributed by atoms with Crippen LogP contribution in [0.4, 0.5) is 0 Å². The molecular weight excluding hydrogens is 321 g/mol. The molecule has 1 aliphatic heterocycles. The number of halogens is 1. The highest BCUT2D eigenvalue weighted by Gasteiger charge is 2.41. The summed E-state index contributed by atoms with van der Waals surface area (Å²) in [6.07, 6.45) is 5.79. The molecule has 0 bridgehead atoms. The lowest BCUT2D eigenvalue weighted by Crippen LogP contribution is -2.53. The lowest BCUT2D eigenvalue weighted by molar-refractivity contribution is -0.150. The first-order valence-corrected chi connectivity index (χ1v) is 6.78. The van der Waals surface area contributed by atoms with Crippen LogP contribution in [-0.4, -0.2) is 28.8 Å². The summed E-state index contributed by atoms with van der Waals surface area (Å²) < 4.78 is 5.84. The number of hydrogen-bond donors (Lipinski definition) is 1. The Morgan fingerprint density at radius 3 is 2.94 bits per heavy atom. The maximum atomic E-state index is 11.8. The maximum absolute atomic E-state index is 11.8. The van der Waals surface area contributed by atoms with Crippen molar-refractivity contribution in [3.05, 3.63) is 12.3 Å². The number of ketones is 1. The average Bonchev–Trinajstić information content (AvgIpc) is 2.28. The smallest absolute Gasteiger partial charge is 0.331 e. The van der Waals surface area contributed by atoms with Gasteiger partial charge in [0.1, 0.15) is 5.54 Å². The van der Waals surface area contributed by atoms with E-state index in [2.05, 4.69) is 27.9 Å². The standard InChI is InChI=1S/C11H16INO3/c1-16-10(15)11(5-2-3-6-12)8-9(14)4-7-13-11/h4,7,13H,2-3,5-6,8H2,1H3. The molecule has 0 radical (unpaired) electrons. The number of nitrogens with one attached hydrogen (secondary N) is 1. The molecule has 1 atom stereocenters. The van der Waals surface area contributed by atoms with Crippen LogP contribution in [0.25, 0.3) is 0 Å². The third-order valence-corrected chi connectivity index (χ3v) is 3.43. The zero-order valence-electron chi connectivity index (χ0n) is 9.29. The summed E-state index contributed by atoms with van der Waals surface area (Å²) in [5, 5.41) is 2.99. The van der Waals surface area contributed by atoms with Crippen molar-refractivity contribution in [2.24, 2.45) is 0 Å². The first-order valence-electron chi connectivity index (χ1n) is 5.26. The van der Waals surface area contributed by atoms with E-state index >= 15 is 0 Å². The molecule has 0 amide bonds. The van der Waals surface area contributed by atoms with Gasteiger partial charge in [0.15, 0.2) is 5.78 Å². The van der Waals surface area contributed by atoms with Crippen molar-refractivity contribution in [3.63, 3.8) is 0 Å². The predicted octanol–water partition coefficient (Wildman–Crippen LogP) is 1.58. The zero-order valence-corrected chi connectivity index (χ0v) is 11.5. The van der Waals surface area contributed by atoms with Gasteiger partial charge >= 0.3 is 5.97 Å². The molecule has 4 nitrogen and oxygen atoms in total. The van der Waals surface area contributed by atoms with E-state index < -0.39 is 5.54 Å². The van der Waals surface area contributed by atoms with Gasteiger partial charge in [-0.2, -0.15) is 0 Å². The largest absolute Gasteiger partial charge is 0.467 e. The zero-order chi connectivity index (χ0) is 12.0. The van der Waals surface area contributed by atoms with Crippen LogP contribution in [0.3, 0.4) is 0 Å². The Morgan fingerprint density at radius 1 is 1.62 bits per heavy atom. The minimum absolute atomic E-state index is 0.0291. The van der Waals surface area contributed by atoms with Gasteiger partial charge in [0, 0.05) is 12.6 Å². The molecule has 0 spiro atoms. The van der Waals surface area contributed by atoms with E-state index in [1.807, 2.05) is 0 Å². The number of ether oxygens (including phenoxy) is 1. The molecule has 0 saturated carbocycles. The lowest BCUT2D eigenvalue weighted by Gasteiger charge is -2.32. The van der Waals surface area contributed by atoms with Gasteiger partial charge in [0.25, 0.3) is 0 Å². The minimum Gasteiger partial charge on any atom is -0.467 e. The molecule has 0 aromatic rings. The summed E-state index contributed by atoms with van der Waals surface area (Å²) in [5.41, 5.74) is -0.841. The molecule has 90 valence electrons. The number of hydrogen-bond acceptors (Lipinski definition) is 4. The number of rotatable bonds is 5. The van der Waals surface area contributed by atoms with Crippen LogP contribution in [0.1, 0.15) is 25.7 Å². The van der Waals surface area contributed by atoms with Crippen LogP contribution in [0.2, 0.25) is 0 Å². The van der Waals surface area contributed by atoms with Crippen LogP contribution in [0.15, 0.2) is 12.3 Å². The molecule has 1 unspecified atom stereocenters. The third-order valence-electron chi connectivity index (χ3n) is 2.67. The number of esters is 1. The number of methoxy groups -OCH3 is 1. The monoisotopic (exact) mass is 337 g/mol. The van der Waals surface area contributed by atoms with Crippen molar-refractivity contribution >= 4 is 34.3 Å². The molecule has 0 aliphatic carbocycles. The molecule has 1 aliphatic rings. The minimum atomic E-state index is -0.841. The summed E-state index contributed by atoms with van der Waals surface area (Å²) >= 11 is 2.30. The van der Waals surface area contributed by atoms with Crippen LogP contribution in [-0.2, 0) is 14.3 Å². The van der Waals surface area contributed by atoms with Crippen molar-refractivity contribution in [3.8, 4) is 0 Å². The fraction of sp³-hybridized carbons (Fsp3) is 0.636. The van der Waals surface area contributed by atoms with E-state index in [9.17, 15) is 9.59 Å². The number of unbranched alkanes of at least 4 members (excludes halogenated alkanes) is 1. The van der Waals surface area contributed by atoms with Crippen LogP contribution >= 0.6 is 22.6 Å². The Bertz CT molecular complexity index is 304. The molecule has 0 aromatic heterocycles. The van der Waals surface area contributed by atoms with Gasteiger partial charge in [0.05, 0.1) is 7.11 Å². The Hall–Kier alpha value is -0.590. The molecule has 16 heavy (non-hydrogen) atoms. The van der Waals surface area contributed by atoms with Gasteiger partial charge < -0.3 is 10.1 Å². The van der Waals surface area contributed by atoms with Gasteiger partial charge in [-0.15, -0.1) is 0 Å². The third kappa shape index (κ3) is 3.20. The van der Waals surface area contributed by atoms with E-state index in [0.29, 0.717) is 6.42 Å². The topological polar surface area (TPSA) is 55.4 Å². The van der Waals surface area contributed by atoms with Crippen LogP contribution < -0.4 is 5.32 Å². The Balaban J connectivity index is 2.72. The molecule has 1 rings (SSSR count). The highest BCUT2D eigenvalue weighted by molar-refractivity contribution is 14.1. The summed E-state index contributed by atoms with van der Waals surface area (Å²) in [7, 11) is 1.35. The highest BCUT2D eigenvalue weighted by Crippen LogP contribution is 2.24.